The number of carbonyl (C=O) groups excluding carboxylic acids is 1. The summed E-state index contributed by atoms with van der Waals surface area (Å²) in [5.74, 6) is 0. The van der Waals surface area contributed by atoms with Gasteiger partial charge in [-0.2, -0.15) is 0 Å². The van der Waals surface area contributed by atoms with Crippen LogP contribution in [0.25, 0.3) is 11.1 Å². The molecule has 3 N–H and O–H groups in total. The van der Waals surface area contributed by atoms with E-state index < -0.39 is 18.5 Å². The van der Waals surface area contributed by atoms with Crippen molar-refractivity contribution >= 4 is 6.09 Å². The molecule has 1 aliphatic heterocycles. The summed E-state index contributed by atoms with van der Waals surface area (Å²) in [7, 11) is 2.01. The lowest BCUT2D eigenvalue weighted by Crippen LogP contribution is -2.43. The molecule has 0 bridgehead atoms. The van der Waals surface area contributed by atoms with Crippen LogP contribution in [0.1, 0.15) is 59.7 Å². The summed E-state index contributed by atoms with van der Waals surface area (Å²) < 4.78 is 18.3. The SMILES string of the molecule is C=CCOC(=O)NCc1cccc(-c2cccc([C@@H]3O[C@H](CN(C)[C@@H](C)[C@H](O)c4ccccc4)C[C@H](c4ccc(CO)cc4)O3)c2)c1. The molecule has 1 saturated heterocycles. The number of hydrogen-bond acceptors (Lipinski definition) is 7. The molecule has 4 aromatic carbocycles. The number of ether oxygens (including phenoxy) is 3. The van der Waals surface area contributed by atoms with Gasteiger partial charge in [-0.1, -0.05) is 104 Å². The number of alkyl carbamates (subject to hydrolysis) is 1. The van der Waals surface area contributed by atoms with E-state index in [1.807, 2.05) is 111 Å². The van der Waals surface area contributed by atoms with Crippen molar-refractivity contribution < 1.29 is 29.2 Å². The van der Waals surface area contributed by atoms with Crippen LogP contribution in [0.5, 0.6) is 0 Å². The van der Waals surface area contributed by atoms with E-state index in [1.165, 1.54) is 6.08 Å². The van der Waals surface area contributed by atoms with Crippen molar-refractivity contribution in [3.8, 4) is 11.1 Å². The van der Waals surface area contributed by atoms with E-state index in [-0.39, 0.29) is 31.5 Å². The van der Waals surface area contributed by atoms with Gasteiger partial charge in [-0.3, -0.25) is 4.90 Å². The van der Waals surface area contributed by atoms with Crippen LogP contribution in [0.4, 0.5) is 4.79 Å². The number of aliphatic hydroxyl groups excluding tert-OH is 2. The molecular weight excluding hydrogens is 592 g/mol. The zero-order valence-electron chi connectivity index (χ0n) is 27.0. The average Bonchev–Trinajstić information content (AvgIpc) is 3.12. The number of hydrogen-bond donors (Lipinski definition) is 3. The Bertz CT molecular complexity index is 1590. The summed E-state index contributed by atoms with van der Waals surface area (Å²) >= 11 is 0. The third-order valence-corrected chi connectivity index (χ3v) is 8.59. The minimum absolute atomic E-state index is 0.0178. The maximum absolute atomic E-state index is 11.9. The number of aliphatic hydroxyl groups is 2. The van der Waals surface area contributed by atoms with Gasteiger partial charge >= 0.3 is 6.09 Å². The Morgan fingerprint density at radius 2 is 1.68 bits per heavy atom. The lowest BCUT2D eigenvalue weighted by Gasteiger charge is -2.39. The Balaban J connectivity index is 1.35. The van der Waals surface area contributed by atoms with Crippen LogP contribution in [0.15, 0.2) is 116 Å². The van der Waals surface area contributed by atoms with Gasteiger partial charge in [0.2, 0.25) is 0 Å². The van der Waals surface area contributed by atoms with Crippen LogP contribution in [-0.2, 0) is 27.4 Å². The van der Waals surface area contributed by atoms with Crippen molar-refractivity contribution in [3.05, 3.63) is 144 Å². The predicted octanol–water partition coefficient (Wildman–Crippen LogP) is 6.86. The molecule has 0 aromatic heterocycles. The Hall–Kier alpha value is -4.31. The number of amides is 1. The Morgan fingerprint density at radius 3 is 2.40 bits per heavy atom. The fourth-order valence-corrected chi connectivity index (χ4v) is 5.78. The van der Waals surface area contributed by atoms with Gasteiger partial charge in [0.1, 0.15) is 6.61 Å². The van der Waals surface area contributed by atoms with Crippen molar-refractivity contribution in [2.75, 3.05) is 20.2 Å². The molecule has 1 amide bonds. The maximum atomic E-state index is 11.9. The summed E-state index contributed by atoms with van der Waals surface area (Å²) in [4.78, 5) is 14.0. The van der Waals surface area contributed by atoms with Gasteiger partial charge in [-0.05, 0) is 59.5 Å². The molecule has 1 fully saturated rings. The fourth-order valence-electron chi connectivity index (χ4n) is 5.78. The van der Waals surface area contributed by atoms with Gasteiger partial charge in [0.25, 0.3) is 0 Å². The number of likely N-dealkylation sites (N-methyl/N-ethyl adjacent to an activating group) is 1. The molecule has 246 valence electrons. The van der Waals surface area contributed by atoms with Crippen LogP contribution in [0.2, 0.25) is 0 Å². The van der Waals surface area contributed by atoms with Crippen LogP contribution in [0.3, 0.4) is 0 Å². The molecule has 0 aliphatic carbocycles. The largest absolute Gasteiger partial charge is 0.445 e. The third kappa shape index (κ3) is 9.16. The Morgan fingerprint density at radius 1 is 0.957 bits per heavy atom. The summed E-state index contributed by atoms with van der Waals surface area (Å²) in [5, 5.41) is 23.4. The van der Waals surface area contributed by atoms with E-state index in [2.05, 4.69) is 22.9 Å². The van der Waals surface area contributed by atoms with Crippen molar-refractivity contribution in [2.24, 2.45) is 0 Å². The first-order valence-electron chi connectivity index (χ1n) is 16.0. The third-order valence-electron chi connectivity index (χ3n) is 8.59. The summed E-state index contributed by atoms with van der Waals surface area (Å²) in [6, 6.07) is 33.5. The predicted molar refractivity (Wildman–Crippen MR) is 182 cm³/mol. The summed E-state index contributed by atoms with van der Waals surface area (Å²) in [5.41, 5.74) is 6.56. The zero-order valence-corrected chi connectivity index (χ0v) is 27.0. The molecule has 0 unspecified atom stereocenters. The molecule has 1 heterocycles. The Labute approximate surface area is 277 Å². The smallest absolute Gasteiger partial charge is 0.407 e. The van der Waals surface area contributed by atoms with Crippen molar-refractivity contribution in [1.82, 2.24) is 10.2 Å². The standard InChI is InChI=1S/C39H44N2O6/c1-4-20-45-39(44)40-24-29-10-8-13-32(21-29)33-14-9-15-34(22-33)38-46-35(23-36(47-38)30-18-16-28(26-42)17-19-30)25-41(3)27(2)37(43)31-11-6-5-7-12-31/h4-19,21-22,27,35-38,42-43H,1,20,23-26H2,2-3H3,(H,40,44)/t27-,35-,36+,37-,38+/m0/s1. The highest BCUT2D eigenvalue weighted by atomic mass is 16.7. The van der Waals surface area contributed by atoms with E-state index in [0.29, 0.717) is 19.5 Å². The normalized spacial score (nSPS) is 19.1. The highest BCUT2D eigenvalue weighted by molar-refractivity contribution is 5.68. The van der Waals surface area contributed by atoms with Gasteiger partial charge in [0.15, 0.2) is 6.29 Å². The number of rotatable bonds is 13. The number of nitrogens with zero attached hydrogens (tertiary/aromatic N) is 1. The minimum atomic E-state index is -0.640. The molecule has 5 rings (SSSR count). The second kappa shape index (κ2) is 16.5. The molecule has 4 aromatic rings. The molecule has 5 atom stereocenters. The first-order chi connectivity index (χ1) is 22.8. The van der Waals surface area contributed by atoms with E-state index in [9.17, 15) is 15.0 Å². The van der Waals surface area contributed by atoms with Crippen LogP contribution in [0, 0.1) is 0 Å². The van der Waals surface area contributed by atoms with E-state index in [0.717, 1.165) is 38.9 Å². The molecular formula is C39H44N2O6. The number of carbonyl (C=O) groups is 1. The molecule has 0 saturated carbocycles. The van der Waals surface area contributed by atoms with Gasteiger partial charge in [-0.15, -0.1) is 0 Å². The highest BCUT2D eigenvalue weighted by Gasteiger charge is 2.34. The highest BCUT2D eigenvalue weighted by Crippen LogP contribution is 2.39. The van der Waals surface area contributed by atoms with Crippen LogP contribution in [-0.4, -0.2) is 53.6 Å². The summed E-state index contributed by atoms with van der Waals surface area (Å²) in [6.45, 7) is 6.66. The number of nitrogens with one attached hydrogen (secondary N) is 1. The molecule has 1 aliphatic rings. The quantitative estimate of drug-likeness (QED) is 0.138. The first kappa shape index (κ1) is 34.0. The number of benzene rings is 4. The average molecular weight is 637 g/mol. The second-order valence-corrected chi connectivity index (χ2v) is 12.0. The van der Waals surface area contributed by atoms with Gasteiger partial charge in [-0.25, -0.2) is 4.79 Å². The Kier molecular flexibility index (Phi) is 11.9. The van der Waals surface area contributed by atoms with Gasteiger partial charge < -0.3 is 29.7 Å². The van der Waals surface area contributed by atoms with E-state index >= 15 is 0 Å². The molecule has 8 nitrogen and oxygen atoms in total. The van der Waals surface area contributed by atoms with Crippen LogP contribution < -0.4 is 5.32 Å². The zero-order chi connectivity index (χ0) is 33.2. The summed E-state index contributed by atoms with van der Waals surface area (Å²) in [6.07, 6.45) is 0.00609. The molecule has 0 spiro atoms. The molecule has 8 heteroatoms. The van der Waals surface area contributed by atoms with Gasteiger partial charge in [0, 0.05) is 31.1 Å². The molecule has 0 radical (unpaired) electrons. The topological polar surface area (TPSA) is 100 Å². The monoisotopic (exact) mass is 636 g/mol. The van der Waals surface area contributed by atoms with Crippen LogP contribution >= 0.6 is 0 Å². The van der Waals surface area contributed by atoms with Crippen molar-refractivity contribution in [1.29, 1.82) is 0 Å². The fraction of sp³-hybridized carbons (Fsp3) is 0.308. The van der Waals surface area contributed by atoms with Crippen molar-refractivity contribution in [2.45, 2.75) is 57.1 Å². The second-order valence-electron chi connectivity index (χ2n) is 12.0. The van der Waals surface area contributed by atoms with E-state index in [4.69, 9.17) is 14.2 Å². The minimum Gasteiger partial charge on any atom is -0.445 e. The first-order valence-corrected chi connectivity index (χ1v) is 16.0. The maximum Gasteiger partial charge on any atom is 0.407 e. The van der Waals surface area contributed by atoms with Crippen molar-refractivity contribution in [3.63, 3.8) is 0 Å². The lowest BCUT2D eigenvalue weighted by atomic mass is 9.97. The lowest BCUT2D eigenvalue weighted by molar-refractivity contribution is -0.253. The molecule has 47 heavy (non-hydrogen) atoms. The van der Waals surface area contributed by atoms with Gasteiger partial charge in [0.05, 0.1) is 24.9 Å². The van der Waals surface area contributed by atoms with E-state index in [1.54, 1.807) is 0 Å².